The van der Waals surface area contributed by atoms with Gasteiger partial charge in [0, 0.05) is 24.7 Å². The van der Waals surface area contributed by atoms with E-state index in [0.717, 1.165) is 48.5 Å². The van der Waals surface area contributed by atoms with Crippen LogP contribution in [-0.4, -0.2) is 15.5 Å². The lowest BCUT2D eigenvalue weighted by Gasteiger charge is -2.24. The predicted octanol–water partition coefficient (Wildman–Crippen LogP) is 4.08. The first kappa shape index (κ1) is 17.7. The molecule has 2 N–H and O–H groups in total. The van der Waals surface area contributed by atoms with E-state index in [1.807, 2.05) is 24.3 Å². The number of nitrogens with one attached hydrogen (secondary N) is 2. The average molecular weight is 362 g/mol. The van der Waals surface area contributed by atoms with Gasteiger partial charge in [-0.15, -0.1) is 0 Å². The third-order valence-corrected chi connectivity index (χ3v) is 5.33. The first-order chi connectivity index (χ1) is 13.2. The lowest BCUT2D eigenvalue weighted by molar-refractivity contribution is -0.122. The van der Waals surface area contributed by atoms with Crippen molar-refractivity contribution >= 4 is 22.6 Å². The first-order valence-corrected chi connectivity index (χ1v) is 9.79. The Labute approximate surface area is 159 Å². The number of para-hydroxylation sites is 2. The Balaban J connectivity index is 1.38. The molecule has 1 saturated carbocycles. The van der Waals surface area contributed by atoms with Gasteiger partial charge >= 0.3 is 0 Å². The molecule has 1 aliphatic rings. The molecule has 0 saturated heterocycles. The second-order valence-corrected chi connectivity index (χ2v) is 7.18. The number of anilines is 1. The van der Waals surface area contributed by atoms with Crippen LogP contribution >= 0.6 is 0 Å². The molecule has 4 rings (SSSR count). The summed E-state index contributed by atoms with van der Waals surface area (Å²) in [4.78, 5) is 16.9. The van der Waals surface area contributed by atoms with Gasteiger partial charge in [0.25, 0.3) is 0 Å². The van der Waals surface area contributed by atoms with Crippen molar-refractivity contribution in [3.8, 4) is 0 Å². The number of carbonyl (C=O) groups excluding carboxylic acids is 1. The van der Waals surface area contributed by atoms with Crippen LogP contribution in [0, 0.1) is 5.92 Å². The van der Waals surface area contributed by atoms with E-state index < -0.39 is 0 Å². The van der Waals surface area contributed by atoms with E-state index in [4.69, 9.17) is 4.98 Å². The molecular formula is C22H26N4O. The molecule has 3 aromatic rings. The Kier molecular flexibility index (Phi) is 5.21. The van der Waals surface area contributed by atoms with Gasteiger partial charge in [0.15, 0.2) is 0 Å². The fourth-order valence-electron chi connectivity index (χ4n) is 3.61. The third kappa shape index (κ3) is 3.88. The highest BCUT2D eigenvalue weighted by molar-refractivity contribution is 5.93. The van der Waals surface area contributed by atoms with Crippen molar-refractivity contribution in [2.75, 3.05) is 5.32 Å². The molecule has 0 atom stereocenters. The zero-order valence-corrected chi connectivity index (χ0v) is 15.7. The molecule has 0 bridgehead atoms. The van der Waals surface area contributed by atoms with Gasteiger partial charge in [-0.25, -0.2) is 4.98 Å². The molecular weight excluding hydrogens is 336 g/mol. The number of benzene rings is 2. The van der Waals surface area contributed by atoms with Crippen molar-refractivity contribution in [1.29, 1.82) is 0 Å². The maximum absolute atomic E-state index is 12.1. The summed E-state index contributed by atoms with van der Waals surface area (Å²) in [6, 6.07) is 16.3. The summed E-state index contributed by atoms with van der Waals surface area (Å²) < 4.78 is 2.25. The molecule has 1 aromatic heterocycles. The lowest BCUT2D eigenvalue weighted by atomic mass is 9.85. The number of aryl methyl sites for hydroxylation is 1. The molecule has 1 heterocycles. The summed E-state index contributed by atoms with van der Waals surface area (Å²) in [6.07, 6.45) is 3.21. The molecule has 0 unspecified atom stereocenters. The third-order valence-electron chi connectivity index (χ3n) is 5.33. The van der Waals surface area contributed by atoms with E-state index in [2.05, 4.69) is 46.4 Å². The topological polar surface area (TPSA) is 59.0 Å². The molecule has 5 heteroatoms. The molecule has 1 fully saturated rings. The van der Waals surface area contributed by atoms with Gasteiger partial charge in [-0.1, -0.05) is 30.7 Å². The van der Waals surface area contributed by atoms with Crippen molar-refractivity contribution in [2.45, 2.75) is 45.8 Å². The van der Waals surface area contributed by atoms with Crippen molar-refractivity contribution in [2.24, 2.45) is 5.92 Å². The van der Waals surface area contributed by atoms with Crippen molar-refractivity contribution in [3.63, 3.8) is 0 Å². The van der Waals surface area contributed by atoms with Crippen LogP contribution in [0.25, 0.3) is 11.0 Å². The normalized spacial score (nSPS) is 14.3. The molecule has 0 aliphatic heterocycles. The Bertz CT molecular complexity index is 942. The molecule has 1 amide bonds. The van der Waals surface area contributed by atoms with E-state index in [1.165, 1.54) is 11.9 Å². The number of fused-ring (bicyclic) bond motifs is 1. The van der Waals surface area contributed by atoms with E-state index in [-0.39, 0.29) is 11.8 Å². The standard InChI is InChI=1S/C22H26N4O/c1-2-26-20-12-4-3-11-19(20)25-21(26)15-23-14-16-7-5-10-18(13-16)24-22(27)17-8-6-9-17/h3-5,7,10-13,17,23H,2,6,8-9,14-15H2,1H3,(H,24,27). The zero-order chi connectivity index (χ0) is 18.6. The highest BCUT2D eigenvalue weighted by atomic mass is 16.1. The Morgan fingerprint density at radius 2 is 2.00 bits per heavy atom. The van der Waals surface area contributed by atoms with E-state index in [9.17, 15) is 4.79 Å². The van der Waals surface area contributed by atoms with Crippen LogP contribution in [0.1, 0.15) is 37.6 Å². The van der Waals surface area contributed by atoms with Crippen LogP contribution in [0.3, 0.4) is 0 Å². The number of aromatic nitrogens is 2. The molecule has 27 heavy (non-hydrogen) atoms. The van der Waals surface area contributed by atoms with Crippen LogP contribution in [-0.2, 0) is 24.4 Å². The van der Waals surface area contributed by atoms with Gasteiger partial charge in [-0.05, 0) is 49.6 Å². The van der Waals surface area contributed by atoms with E-state index >= 15 is 0 Å². The molecule has 1 aliphatic carbocycles. The van der Waals surface area contributed by atoms with Crippen molar-refractivity contribution in [1.82, 2.24) is 14.9 Å². The maximum Gasteiger partial charge on any atom is 0.227 e. The number of hydrogen-bond donors (Lipinski definition) is 2. The van der Waals surface area contributed by atoms with Crippen LogP contribution < -0.4 is 10.6 Å². The second-order valence-electron chi connectivity index (χ2n) is 7.18. The second kappa shape index (κ2) is 7.92. The summed E-state index contributed by atoms with van der Waals surface area (Å²) in [7, 11) is 0. The summed E-state index contributed by atoms with van der Waals surface area (Å²) in [5.74, 6) is 1.41. The van der Waals surface area contributed by atoms with Crippen molar-refractivity contribution < 1.29 is 4.79 Å². The summed E-state index contributed by atoms with van der Waals surface area (Å²) >= 11 is 0. The zero-order valence-electron chi connectivity index (χ0n) is 15.7. The Morgan fingerprint density at radius 1 is 1.15 bits per heavy atom. The largest absolute Gasteiger partial charge is 0.327 e. The fourth-order valence-corrected chi connectivity index (χ4v) is 3.61. The van der Waals surface area contributed by atoms with Gasteiger partial charge < -0.3 is 15.2 Å². The van der Waals surface area contributed by atoms with Crippen molar-refractivity contribution in [3.05, 3.63) is 59.9 Å². The average Bonchev–Trinajstić information content (AvgIpc) is 2.98. The molecule has 0 spiro atoms. The van der Waals surface area contributed by atoms with Crippen LogP contribution in [0.5, 0.6) is 0 Å². The quantitative estimate of drug-likeness (QED) is 0.666. The van der Waals surface area contributed by atoms with Gasteiger partial charge in [0.2, 0.25) is 5.91 Å². The number of carbonyl (C=O) groups is 1. The number of imidazole rings is 1. The minimum atomic E-state index is 0.156. The molecule has 0 radical (unpaired) electrons. The maximum atomic E-state index is 12.1. The van der Waals surface area contributed by atoms with E-state index in [1.54, 1.807) is 0 Å². The Hall–Kier alpha value is -2.66. The predicted molar refractivity (Wildman–Crippen MR) is 108 cm³/mol. The van der Waals surface area contributed by atoms with Gasteiger partial charge in [0.05, 0.1) is 17.6 Å². The first-order valence-electron chi connectivity index (χ1n) is 9.79. The Morgan fingerprint density at radius 3 is 2.78 bits per heavy atom. The highest BCUT2D eigenvalue weighted by Gasteiger charge is 2.25. The van der Waals surface area contributed by atoms with Gasteiger partial charge in [-0.2, -0.15) is 0 Å². The van der Waals surface area contributed by atoms with Crippen LogP contribution in [0.15, 0.2) is 48.5 Å². The van der Waals surface area contributed by atoms with Crippen LogP contribution in [0.4, 0.5) is 5.69 Å². The molecule has 140 valence electrons. The smallest absolute Gasteiger partial charge is 0.227 e. The minimum absolute atomic E-state index is 0.156. The molecule has 2 aromatic carbocycles. The summed E-state index contributed by atoms with van der Waals surface area (Å²) in [6.45, 7) is 4.49. The highest BCUT2D eigenvalue weighted by Crippen LogP contribution is 2.27. The number of nitrogens with zero attached hydrogens (tertiary/aromatic N) is 2. The fraction of sp³-hybridized carbons (Fsp3) is 0.364. The minimum Gasteiger partial charge on any atom is -0.327 e. The number of rotatable bonds is 7. The number of hydrogen-bond acceptors (Lipinski definition) is 3. The summed E-state index contributed by atoms with van der Waals surface area (Å²) in [5.41, 5.74) is 4.25. The van der Waals surface area contributed by atoms with E-state index in [0.29, 0.717) is 6.54 Å². The lowest BCUT2D eigenvalue weighted by Crippen LogP contribution is -2.28. The monoisotopic (exact) mass is 362 g/mol. The number of amides is 1. The summed E-state index contributed by atoms with van der Waals surface area (Å²) in [5, 5.41) is 6.53. The van der Waals surface area contributed by atoms with Crippen LogP contribution in [0.2, 0.25) is 0 Å². The molecule has 5 nitrogen and oxygen atoms in total. The van der Waals surface area contributed by atoms with Gasteiger partial charge in [-0.3, -0.25) is 4.79 Å². The van der Waals surface area contributed by atoms with Gasteiger partial charge in [0.1, 0.15) is 5.82 Å². The SMILES string of the molecule is CCn1c(CNCc2cccc(NC(=O)C3CCC3)c2)nc2ccccc21.